The molecule has 0 saturated heterocycles. The zero-order valence-electron chi connectivity index (χ0n) is 10.5. The molecule has 0 N–H and O–H groups in total. The van der Waals surface area contributed by atoms with Gasteiger partial charge in [-0.3, -0.25) is 0 Å². The van der Waals surface area contributed by atoms with Gasteiger partial charge in [-0.05, 0) is 12.8 Å². The third kappa shape index (κ3) is 4.11. The fraction of sp³-hybridized carbons (Fsp3) is 0.500. The van der Waals surface area contributed by atoms with Crippen LogP contribution in [-0.4, -0.2) is 22.5 Å². The van der Waals surface area contributed by atoms with Gasteiger partial charge in [0.05, 0.1) is 5.19 Å². The highest BCUT2D eigenvalue weighted by atomic mass is 28.3. The Labute approximate surface area is 107 Å². The molecule has 0 aliphatic rings. The van der Waals surface area contributed by atoms with Gasteiger partial charge in [0.25, 0.3) is 0 Å². The van der Waals surface area contributed by atoms with Gasteiger partial charge in [0.1, 0.15) is 17.5 Å². The van der Waals surface area contributed by atoms with E-state index in [9.17, 15) is 13.2 Å². The first-order valence-electron chi connectivity index (χ1n) is 5.97. The molecule has 0 spiro atoms. The van der Waals surface area contributed by atoms with Gasteiger partial charge in [-0.25, -0.2) is 13.2 Å². The van der Waals surface area contributed by atoms with Crippen LogP contribution in [0.15, 0.2) is 12.1 Å². The summed E-state index contributed by atoms with van der Waals surface area (Å²) in [4.78, 5) is 0. The van der Waals surface area contributed by atoms with Crippen molar-refractivity contribution in [2.75, 3.05) is 13.2 Å². The van der Waals surface area contributed by atoms with E-state index >= 15 is 0 Å². The largest absolute Gasteiger partial charge is 0.393 e. The summed E-state index contributed by atoms with van der Waals surface area (Å²) in [5.74, 6) is -2.81. The van der Waals surface area contributed by atoms with Crippen LogP contribution in [0, 0.1) is 17.5 Å². The Morgan fingerprint density at radius 2 is 1.39 bits per heavy atom. The predicted octanol–water partition coefficient (Wildman–Crippen LogP) is 2.38. The van der Waals surface area contributed by atoms with Crippen LogP contribution in [-0.2, 0) is 8.85 Å². The molecule has 0 aliphatic heterocycles. The molecule has 0 fully saturated rings. The van der Waals surface area contributed by atoms with Crippen molar-refractivity contribution in [1.29, 1.82) is 0 Å². The SMILES string of the molecule is CCCO[SiH](OCCC)c1c(F)cc(F)cc1F. The van der Waals surface area contributed by atoms with Crippen molar-refractivity contribution in [3.05, 3.63) is 29.6 Å². The molecule has 0 aliphatic carbocycles. The smallest absolute Gasteiger partial charge is 0.361 e. The van der Waals surface area contributed by atoms with Crippen LogP contribution >= 0.6 is 0 Å². The number of rotatable bonds is 7. The molecule has 0 unspecified atom stereocenters. The van der Waals surface area contributed by atoms with Gasteiger partial charge in [0, 0.05) is 25.3 Å². The molecule has 18 heavy (non-hydrogen) atoms. The molecule has 0 heterocycles. The molecule has 102 valence electrons. The molecule has 0 bridgehead atoms. The van der Waals surface area contributed by atoms with Gasteiger partial charge >= 0.3 is 9.28 Å². The van der Waals surface area contributed by atoms with E-state index in [0.29, 0.717) is 25.3 Å². The maximum Gasteiger partial charge on any atom is 0.361 e. The van der Waals surface area contributed by atoms with E-state index in [1.54, 1.807) is 0 Å². The van der Waals surface area contributed by atoms with Crippen molar-refractivity contribution in [2.24, 2.45) is 0 Å². The lowest BCUT2D eigenvalue weighted by Gasteiger charge is -2.17. The van der Waals surface area contributed by atoms with Crippen molar-refractivity contribution in [3.8, 4) is 0 Å². The summed E-state index contributed by atoms with van der Waals surface area (Å²) in [6, 6.07) is 1.31. The molecule has 0 radical (unpaired) electrons. The molecule has 0 atom stereocenters. The highest BCUT2D eigenvalue weighted by Crippen LogP contribution is 2.08. The Morgan fingerprint density at radius 1 is 0.944 bits per heavy atom. The van der Waals surface area contributed by atoms with Gasteiger partial charge in [-0.1, -0.05) is 13.8 Å². The molecule has 0 amide bonds. The number of benzene rings is 1. The predicted molar refractivity (Wildman–Crippen MR) is 65.6 cm³/mol. The minimum Gasteiger partial charge on any atom is -0.393 e. The summed E-state index contributed by atoms with van der Waals surface area (Å²) in [5.41, 5.74) is 0. The average Bonchev–Trinajstić information content (AvgIpc) is 2.30. The van der Waals surface area contributed by atoms with Crippen LogP contribution in [0.5, 0.6) is 0 Å². The van der Waals surface area contributed by atoms with E-state index in [4.69, 9.17) is 8.85 Å². The van der Waals surface area contributed by atoms with E-state index in [1.807, 2.05) is 13.8 Å². The molecule has 1 aromatic carbocycles. The first-order valence-corrected chi connectivity index (χ1v) is 7.49. The Morgan fingerprint density at radius 3 is 1.78 bits per heavy atom. The number of hydrogen-bond acceptors (Lipinski definition) is 2. The minimum atomic E-state index is -2.64. The minimum absolute atomic E-state index is 0.238. The second kappa shape index (κ2) is 7.55. The van der Waals surface area contributed by atoms with Gasteiger partial charge in [-0.15, -0.1) is 0 Å². The van der Waals surface area contributed by atoms with E-state index in [0.717, 1.165) is 12.8 Å². The molecular weight excluding hydrogens is 261 g/mol. The van der Waals surface area contributed by atoms with E-state index < -0.39 is 26.7 Å². The normalized spacial score (nSPS) is 11.2. The highest BCUT2D eigenvalue weighted by Gasteiger charge is 2.25. The maximum atomic E-state index is 13.6. The van der Waals surface area contributed by atoms with E-state index in [-0.39, 0.29) is 5.19 Å². The van der Waals surface area contributed by atoms with Crippen LogP contribution in [0.3, 0.4) is 0 Å². The lowest BCUT2D eigenvalue weighted by molar-refractivity contribution is 0.206. The highest BCUT2D eigenvalue weighted by molar-refractivity contribution is 6.61. The van der Waals surface area contributed by atoms with Gasteiger partial charge in [0.15, 0.2) is 0 Å². The Kier molecular flexibility index (Phi) is 6.38. The zero-order chi connectivity index (χ0) is 13.5. The number of hydrogen-bond donors (Lipinski definition) is 0. The Balaban J connectivity index is 2.95. The van der Waals surface area contributed by atoms with Gasteiger partial charge < -0.3 is 8.85 Å². The van der Waals surface area contributed by atoms with Crippen LogP contribution in [0.25, 0.3) is 0 Å². The first-order chi connectivity index (χ1) is 8.60. The van der Waals surface area contributed by atoms with Crippen LogP contribution in [0.2, 0.25) is 0 Å². The van der Waals surface area contributed by atoms with Crippen LogP contribution in [0.1, 0.15) is 26.7 Å². The zero-order valence-corrected chi connectivity index (χ0v) is 11.7. The second-order valence-electron chi connectivity index (χ2n) is 3.86. The summed E-state index contributed by atoms with van der Waals surface area (Å²) in [6.07, 6.45) is 1.45. The fourth-order valence-corrected chi connectivity index (χ4v) is 3.39. The topological polar surface area (TPSA) is 18.5 Å². The first kappa shape index (κ1) is 15.2. The van der Waals surface area contributed by atoms with Gasteiger partial charge in [0.2, 0.25) is 0 Å². The standard InChI is InChI=1S/C12H17F3O2Si/c1-3-5-16-18(17-6-4-2)12-10(14)7-9(13)8-11(12)15/h7-8,18H,3-6H2,1-2H3. The summed E-state index contributed by atoms with van der Waals surface area (Å²) >= 11 is 0. The maximum absolute atomic E-state index is 13.6. The molecule has 1 rings (SSSR count). The lowest BCUT2D eigenvalue weighted by atomic mass is 10.3. The summed E-state index contributed by atoms with van der Waals surface area (Å²) in [6.45, 7) is 4.53. The van der Waals surface area contributed by atoms with E-state index in [2.05, 4.69) is 0 Å². The van der Waals surface area contributed by atoms with E-state index in [1.165, 1.54) is 0 Å². The lowest BCUT2D eigenvalue weighted by Crippen LogP contribution is -2.42. The second-order valence-corrected chi connectivity index (χ2v) is 5.76. The third-order valence-electron chi connectivity index (χ3n) is 2.23. The third-order valence-corrected chi connectivity index (χ3v) is 4.33. The molecule has 0 aromatic heterocycles. The number of halogens is 3. The molecular formula is C12H17F3O2Si. The molecule has 2 nitrogen and oxygen atoms in total. The van der Waals surface area contributed by atoms with Crippen LogP contribution < -0.4 is 5.19 Å². The average molecular weight is 278 g/mol. The quantitative estimate of drug-likeness (QED) is 0.713. The summed E-state index contributed by atoms with van der Waals surface area (Å²) < 4.78 is 50.8. The van der Waals surface area contributed by atoms with Crippen molar-refractivity contribution in [1.82, 2.24) is 0 Å². The summed E-state index contributed by atoms with van der Waals surface area (Å²) in [5, 5.41) is -0.238. The Bertz CT molecular complexity index is 357. The fourth-order valence-electron chi connectivity index (χ4n) is 1.44. The van der Waals surface area contributed by atoms with Crippen molar-refractivity contribution in [2.45, 2.75) is 26.7 Å². The van der Waals surface area contributed by atoms with Crippen molar-refractivity contribution >= 4 is 14.5 Å². The van der Waals surface area contributed by atoms with Crippen molar-refractivity contribution < 1.29 is 22.0 Å². The molecule has 6 heteroatoms. The van der Waals surface area contributed by atoms with Gasteiger partial charge in [-0.2, -0.15) is 0 Å². The summed E-state index contributed by atoms with van der Waals surface area (Å²) in [7, 11) is -2.64. The Hall–Kier alpha value is -0.853. The van der Waals surface area contributed by atoms with Crippen molar-refractivity contribution in [3.63, 3.8) is 0 Å². The van der Waals surface area contributed by atoms with Crippen LogP contribution in [0.4, 0.5) is 13.2 Å². The molecule has 1 aromatic rings. The monoisotopic (exact) mass is 278 g/mol. The molecule has 0 saturated carbocycles.